The number of hydrogen-bond acceptors (Lipinski definition) is 2. The summed E-state index contributed by atoms with van der Waals surface area (Å²) in [6.45, 7) is 11.5. The van der Waals surface area contributed by atoms with Crippen LogP contribution in [0.15, 0.2) is 30.8 Å². The van der Waals surface area contributed by atoms with Crippen LogP contribution in [0.1, 0.15) is 26.3 Å². The topological polar surface area (TPSA) is 15.3 Å². The first-order valence-electron chi connectivity index (χ1n) is 5.83. The average molecular weight is 218 g/mol. The van der Waals surface area contributed by atoms with Crippen molar-refractivity contribution in [3.05, 3.63) is 36.4 Å². The number of hydrogen-bond donors (Lipinski definition) is 1. The molecule has 16 heavy (non-hydrogen) atoms. The zero-order valence-electron chi connectivity index (χ0n) is 10.7. The second-order valence-corrected chi connectivity index (χ2v) is 4.23. The Morgan fingerprint density at radius 1 is 1.38 bits per heavy atom. The van der Waals surface area contributed by atoms with Crippen molar-refractivity contribution in [2.24, 2.45) is 0 Å². The molecule has 88 valence electrons. The van der Waals surface area contributed by atoms with E-state index < -0.39 is 0 Å². The molecule has 0 aliphatic rings. The van der Waals surface area contributed by atoms with Gasteiger partial charge in [-0.05, 0) is 26.8 Å². The molecule has 0 atom stereocenters. The molecule has 2 heteroatoms. The van der Waals surface area contributed by atoms with Crippen molar-refractivity contribution >= 4 is 11.4 Å². The molecular formula is C14H22N2. The van der Waals surface area contributed by atoms with E-state index in [9.17, 15) is 0 Å². The second-order valence-electron chi connectivity index (χ2n) is 4.23. The van der Waals surface area contributed by atoms with Gasteiger partial charge in [0.15, 0.2) is 0 Å². The molecule has 0 heterocycles. The molecule has 0 amide bonds. The summed E-state index contributed by atoms with van der Waals surface area (Å²) in [6, 6.07) is 8.76. The highest BCUT2D eigenvalue weighted by atomic mass is 15.1. The molecule has 2 nitrogen and oxygen atoms in total. The number of nitrogens with zero attached hydrogens (tertiary/aromatic N) is 1. The zero-order valence-corrected chi connectivity index (χ0v) is 10.7. The van der Waals surface area contributed by atoms with Gasteiger partial charge in [0.25, 0.3) is 0 Å². The number of rotatable bonds is 5. The Morgan fingerprint density at radius 3 is 2.56 bits per heavy atom. The first kappa shape index (κ1) is 12.6. The Bertz CT molecular complexity index is 356. The predicted octanol–water partition coefficient (Wildman–Crippen LogP) is 3.43. The lowest BCUT2D eigenvalue weighted by molar-refractivity contribution is 0.397. The third-order valence-corrected chi connectivity index (χ3v) is 2.81. The molecule has 0 aromatic heterocycles. The second kappa shape index (κ2) is 5.59. The lowest BCUT2D eigenvalue weighted by atomic mass is 10.1. The third-order valence-electron chi connectivity index (χ3n) is 2.81. The molecule has 0 saturated carbocycles. The largest absolute Gasteiger partial charge is 0.385 e. The number of anilines is 1. The van der Waals surface area contributed by atoms with Crippen molar-refractivity contribution in [2.75, 3.05) is 18.9 Å². The highest BCUT2D eigenvalue weighted by molar-refractivity contribution is 5.74. The normalized spacial score (nSPS) is 10.3. The van der Waals surface area contributed by atoms with Crippen LogP contribution in [0, 0.1) is 0 Å². The van der Waals surface area contributed by atoms with E-state index in [1.165, 1.54) is 5.56 Å². The van der Waals surface area contributed by atoms with E-state index in [0.717, 1.165) is 17.9 Å². The quantitative estimate of drug-likeness (QED) is 0.814. The van der Waals surface area contributed by atoms with Crippen LogP contribution >= 0.6 is 0 Å². The SMILES string of the molecule is C=C(c1ccccc1NCC)N(C)C(C)C. The van der Waals surface area contributed by atoms with Crippen molar-refractivity contribution < 1.29 is 0 Å². The molecule has 0 spiro atoms. The molecule has 0 aliphatic heterocycles. The van der Waals surface area contributed by atoms with Gasteiger partial charge in [0.2, 0.25) is 0 Å². The molecule has 1 aromatic rings. The minimum absolute atomic E-state index is 0.460. The van der Waals surface area contributed by atoms with E-state index in [2.05, 4.69) is 62.8 Å². The van der Waals surface area contributed by atoms with Crippen LogP contribution in [-0.2, 0) is 0 Å². The van der Waals surface area contributed by atoms with Crippen molar-refractivity contribution in [1.29, 1.82) is 0 Å². The van der Waals surface area contributed by atoms with E-state index in [1.54, 1.807) is 0 Å². The summed E-state index contributed by atoms with van der Waals surface area (Å²) in [4.78, 5) is 2.19. The van der Waals surface area contributed by atoms with Crippen LogP contribution in [0.3, 0.4) is 0 Å². The molecule has 1 rings (SSSR count). The summed E-state index contributed by atoms with van der Waals surface area (Å²) in [6.07, 6.45) is 0. The lowest BCUT2D eigenvalue weighted by Crippen LogP contribution is -2.24. The maximum Gasteiger partial charge on any atom is 0.0434 e. The fourth-order valence-corrected chi connectivity index (χ4v) is 1.58. The Balaban J connectivity index is 2.98. The van der Waals surface area contributed by atoms with Crippen LogP contribution in [-0.4, -0.2) is 24.5 Å². The monoisotopic (exact) mass is 218 g/mol. The number of para-hydroxylation sites is 1. The Morgan fingerprint density at radius 2 is 2.00 bits per heavy atom. The van der Waals surface area contributed by atoms with E-state index in [1.807, 2.05) is 6.07 Å². The van der Waals surface area contributed by atoms with Gasteiger partial charge in [-0.2, -0.15) is 0 Å². The maximum absolute atomic E-state index is 4.17. The minimum Gasteiger partial charge on any atom is -0.385 e. The molecule has 0 aliphatic carbocycles. The molecule has 0 bridgehead atoms. The molecule has 1 aromatic carbocycles. The molecule has 0 saturated heterocycles. The highest BCUT2D eigenvalue weighted by Gasteiger charge is 2.11. The molecule has 0 unspecified atom stereocenters. The first-order valence-corrected chi connectivity index (χ1v) is 5.83. The van der Waals surface area contributed by atoms with Gasteiger partial charge in [0.1, 0.15) is 0 Å². The Hall–Kier alpha value is -1.44. The van der Waals surface area contributed by atoms with E-state index in [-0.39, 0.29) is 0 Å². The van der Waals surface area contributed by atoms with Crippen LogP contribution in [0.25, 0.3) is 5.70 Å². The number of benzene rings is 1. The van der Waals surface area contributed by atoms with Crippen LogP contribution < -0.4 is 5.32 Å². The van der Waals surface area contributed by atoms with E-state index in [0.29, 0.717) is 6.04 Å². The van der Waals surface area contributed by atoms with Gasteiger partial charge < -0.3 is 10.2 Å². The van der Waals surface area contributed by atoms with Gasteiger partial charge in [0.05, 0.1) is 0 Å². The fraction of sp³-hybridized carbons (Fsp3) is 0.429. The minimum atomic E-state index is 0.460. The molecule has 0 radical (unpaired) electrons. The van der Waals surface area contributed by atoms with Gasteiger partial charge in [0, 0.05) is 36.6 Å². The summed E-state index contributed by atoms with van der Waals surface area (Å²) < 4.78 is 0. The van der Waals surface area contributed by atoms with Crippen LogP contribution in [0.2, 0.25) is 0 Å². The van der Waals surface area contributed by atoms with Gasteiger partial charge in [-0.25, -0.2) is 0 Å². The van der Waals surface area contributed by atoms with Gasteiger partial charge in [-0.3, -0.25) is 0 Å². The van der Waals surface area contributed by atoms with Gasteiger partial charge in [-0.1, -0.05) is 24.8 Å². The highest BCUT2D eigenvalue weighted by Crippen LogP contribution is 2.25. The maximum atomic E-state index is 4.17. The molecule has 1 N–H and O–H groups in total. The molecule has 0 fully saturated rings. The van der Waals surface area contributed by atoms with Crippen molar-refractivity contribution in [3.8, 4) is 0 Å². The summed E-state index contributed by atoms with van der Waals surface area (Å²) >= 11 is 0. The van der Waals surface area contributed by atoms with Gasteiger partial charge >= 0.3 is 0 Å². The Labute approximate surface area is 99.0 Å². The summed E-state index contributed by atoms with van der Waals surface area (Å²) in [5, 5.41) is 3.36. The van der Waals surface area contributed by atoms with Crippen molar-refractivity contribution in [3.63, 3.8) is 0 Å². The fourth-order valence-electron chi connectivity index (χ4n) is 1.58. The van der Waals surface area contributed by atoms with Crippen LogP contribution in [0.4, 0.5) is 5.69 Å². The van der Waals surface area contributed by atoms with Crippen molar-refractivity contribution in [1.82, 2.24) is 4.90 Å². The van der Waals surface area contributed by atoms with E-state index >= 15 is 0 Å². The standard InChI is InChI=1S/C14H22N2/c1-6-15-14-10-8-7-9-13(14)12(4)16(5)11(2)3/h7-11,15H,4,6H2,1-3,5H3. The number of nitrogens with one attached hydrogen (secondary N) is 1. The predicted molar refractivity (Wildman–Crippen MR) is 72.5 cm³/mol. The summed E-state index contributed by atoms with van der Waals surface area (Å²) in [5.41, 5.74) is 3.40. The third kappa shape index (κ3) is 2.78. The van der Waals surface area contributed by atoms with Crippen molar-refractivity contribution in [2.45, 2.75) is 26.8 Å². The lowest BCUT2D eigenvalue weighted by Gasteiger charge is -2.27. The van der Waals surface area contributed by atoms with E-state index in [4.69, 9.17) is 0 Å². The first-order chi connectivity index (χ1) is 7.57. The summed E-state index contributed by atoms with van der Waals surface area (Å²) in [5.74, 6) is 0. The smallest absolute Gasteiger partial charge is 0.0434 e. The Kier molecular flexibility index (Phi) is 4.41. The zero-order chi connectivity index (χ0) is 12.1. The summed E-state index contributed by atoms with van der Waals surface area (Å²) in [7, 11) is 2.08. The molecular weight excluding hydrogens is 196 g/mol. The van der Waals surface area contributed by atoms with Crippen LogP contribution in [0.5, 0.6) is 0 Å². The average Bonchev–Trinajstić information content (AvgIpc) is 2.28. The van der Waals surface area contributed by atoms with Gasteiger partial charge in [-0.15, -0.1) is 0 Å².